The fourth-order valence-corrected chi connectivity index (χ4v) is 1.69. The molecule has 1 rings (SSSR count). The lowest BCUT2D eigenvalue weighted by atomic mass is 10.2. The van der Waals surface area contributed by atoms with Gasteiger partial charge in [0.1, 0.15) is 0 Å². The second kappa shape index (κ2) is 4.56. The van der Waals surface area contributed by atoms with Crippen LogP contribution in [0.4, 0.5) is 0 Å². The van der Waals surface area contributed by atoms with Crippen LogP contribution in [-0.4, -0.2) is 11.1 Å². The van der Waals surface area contributed by atoms with E-state index in [0.29, 0.717) is 5.02 Å². The molecular formula is C9H3Cl3O2. The molecule has 0 aliphatic heterocycles. The van der Waals surface area contributed by atoms with Gasteiger partial charge in [-0.15, -0.1) is 0 Å². The van der Waals surface area contributed by atoms with Gasteiger partial charge in [-0.25, -0.2) is 4.79 Å². The average Bonchev–Trinajstić information content (AvgIpc) is 2.01. The highest BCUT2D eigenvalue weighted by Crippen LogP contribution is 2.27. The van der Waals surface area contributed by atoms with E-state index in [1.54, 1.807) is 0 Å². The third-order valence-electron chi connectivity index (χ3n) is 1.30. The summed E-state index contributed by atoms with van der Waals surface area (Å²) in [6, 6.07) is 2.89. The van der Waals surface area contributed by atoms with Gasteiger partial charge in [0, 0.05) is 10.9 Å². The predicted octanol–water partition coefficient (Wildman–Crippen LogP) is 3.08. The number of rotatable bonds is 0. The molecule has 0 saturated heterocycles. The standard InChI is InChI=1S/C9H3Cl3O2/c10-5-3-7(11)6(8(12)4-5)1-2-9(13)14/h3-4H,(H,13,14). The van der Waals surface area contributed by atoms with E-state index in [0.717, 1.165) is 0 Å². The zero-order valence-electron chi connectivity index (χ0n) is 6.64. The Balaban J connectivity index is 3.24. The van der Waals surface area contributed by atoms with Crippen LogP contribution < -0.4 is 0 Å². The van der Waals surface area contributed by atoms with Crippen LogP contribution >= 0.6 is 34.8 Å². The second-order valence-electron chi connectivity index (χ2n) is 2.30. The number of hydrogen-bond acceptors (Lipinski definition) is 1. The number of halogens is 3. The van der Waals surface area contributed by atoms with Gasteiger partial charge in [0.25, 0.3) is 0 Å². The summed E-state index contributed by atoms with van der Waals surface area (Å²) in [5, 5.41) is 9.17. The van der Waals surface area contributed by atoms with Crippen molar-refractivity contribution in [2.75, 3.05) is 0 Å². The number of carboxylic acid groups (broad SMARTS) is 1. The molecule has 0 aliphatic carbocycles. The van der Waals surface area contributed by atoms with Crippen molar-refractivity contribution < 1.29 is 9.90 Å². The largest absolute Gasteiger partial charge is 0.472 e. The molecule has 0 fully saturated rings. The van der Waals surface area contributed by atoms with E-state index in [1.165, 1.54) is 12.1 Å². The van der Waals surface area contributed by atoms with Gasteiger partial charge in [-0.2, -0.15) is 0 Å². The molecule has 14 heavy (non-hydrogen) atoms. The lowest BCUT2D eigenvalue weighted by Gasteiger charge is -1.99. The lowest BCUT2D eigenvalue weighted by Crippen LogP contribution is -1.88. The van der Waals surface area contributed by atoms with Crippen molar-refractivity contribution in [3.05, 3.63) is 32.8 Å². The minimum Gasteiger partial charge on any atom is -0.472 e. The summed E-state index contributed by atoms with van der Waals surface area (Å²) in [5.41, 5.74) is 0.264. The minimum atomic E-state index is -1.24. The van der Waals surface area contributed by atoms with Crippen LogP contribution in [0.15, 0.2) is 12.1 Å². The molecule has 5 heteroatoms. The van der Waals surface area contributed by atoms with Gasteiger partial charge in [-0.3, -0.25) is 0 Å². The van der Waals surface area contributed by atoms with Gasteiger partial charge in [-0.05, 0) is 12.1 Å². The van der Waals surface area contributed by atoms with Crippen molar-refractivity contribution in [3.63, 3.8) is 0 Å². The van der Waals surface area contributed by atoms with E-state index >= 15 is 0 Å². The molecule has 72 valence electrons. The molecule has 2 nitrogen and oxygen atoms in total. The van der Waals surface area contributed by atoms with Crippen LogP contribution in [-0.2, 0) is 4.79 Å². The highest BCUT2D eigenvalue weighted by atomic mass is 35.5. The van der Waals surface area contributed by atoms with Gasteiger partial charge < -0.3 is 5.11 Å². The lowest BCUT2D eigenvalue weighted by molar-refractivity contribution is -0.130. The Hall–Kier alpha value is -0.880. The first-order chi connectivity index (χ1) is 6.50. The molecule has 0 spiro atoms. The van der Waals surface area contributed by atoms with Crippen LogP contribution in [0.2, 0.25) is 15.1 Å². The van der Waals surface area contributed by atoms with E-state index in [2.05, 4.69) is 5.92 Å². The molecular weight excluding hydrogens is 246 g/mol. The van der Waals surface area contributed by atoms with Crippen molar-refractivity contribution in [2.24, 2.45) is 0 Å². The number of carbonyl (C=O) groups is 1. The monoisotopic (exact) mass is 248 g/mol. The predicted molar refractivity (Wildman–Crippen MR) is 56.0 cm³/mol. The van der Waals surface area contributed by atoms with E-state index in [4.69, 9.17) is 39.9 Å². The van der Waals surface area contributed by atoms with Gasteiger partial charge in [-0.1, -0.05) is 40.7 Å². The third-order valence-corrected chi connectivity index (χ3v) is 2.12. The summed E-state index contributed by atoms with van der Waals surface area (Å²) < 4.78 is 0. The fraction of sp³-hybridized carbons (Fsp3) is 0. The number of benzene rings is 1. The quantitative estimate of drug-likeness (QED) is 0.718. The van der Waals surface area contributed by atoms with E-state index < -0.39 is 5.97 Å². The molecule has 0 bridgehead atoms. The first-order valence-corrected chi connectivity index (χ1v) is 4.53. The second-order valence-corrected chi connectivity index (χ2v) is 3.55. The van der Waals surface area contributed by atoms with Crippen molar-refractivity contribution in [3.8, 4) is 11.8 Å². The van der Waals surface area contributed by atoms with Crippen LogP contribution in [0, 0.1) is 11.8 Å². The molecule has 0 aliphatic rings. The van der Waals surface area contributed by atoms with Gasteiger partial charge in [0.2, 0.25) is 0 Å². The molecule has 1 N–H and O–H groups in total. The summed E-state index contributed by atoms with van der Waals surface area (Å²) in [6.45, 7) is 0. The van der Waals surface area contributed by atoms with Crippen LogP contribution in [0.5, 0.6) is 0 Å². The van der Waals surface area contributed by atoms with Gasteiger partial charge in [0.15, 0.2) is 0 Å². The highest BCUT2D eigenvalue weighted by Gasteiger charge is 2.05. The van der Waals surface area contributed by atoms with Gasteiger partial charge in [0.05, 0.1) is 15.6 Å². The minimum absolute atomic E-state index is 0.233. The summed E-state index contributed by atoms with van der Waals surface area (Å²) in [6.07, 6.45) is 0. The van der Waals surface area contributed by atoms with Crippen molar-refractivity contribution in [1.29, 1.82) is 0 Å². The Labute approximate surface area is 95.4 Å². The first-order valence-electron chi connectivity index (χ1n) is 3.40. The van der Waals surface area contributed by atoms with E-state index in [1.807, 2.05) is 5.92 Å². The molecule has 1 aromatic rings. The Morgan fingerprint density at radius 2 is 1.71 bits per heavy atom. The van der Waals surface area contributed by atoms with Crippen LogP contribution in [0.25, 0.3) is 0 Å². The molecule has 0 heterocycles. The SMILES string of the molecule is O=C(O)C#Cc1c(Cl)cc(Cl)cc1Cl. The Kier molecular flexibility index (Phi) is 3.65. The average molecular weight is 249 g/mol. The molecule has 1 aromatic carbocycles. The molecule has 0 saturated carbocycles. The normalized spacial score (nSPS) is 9.07. The van der Waals surface area contributed by atoms with Crippen molar-refractivity contribution >= 4 is 40.8 Å². The summed E-state index contributed by atoms with van der Waals surface area (Å²) in [5.74, 6) is 3.01. The zero-order valence-corrected chi connectivity index (χ0v) is 8.91. The molecule has 0 unspecified atom stereocenters. The molecule has 0 aromatic heterocycles. The highest BCUT2D eigenvalue weighted by molar-refractivity contribution is 6.39. The van der Waals surface area contributed by atoms with E-state index in [9.17, 15) is 4.79 Å². The van der Waals surface area contributed by atoms with Gasteiger partial charge >= 0.3 is 5.97 Å². The third kappa shape index (κ3) is 2.81. The Morgan fingerprint density at radius 1 is 1.21 bits per heavy atom. The number of carboxylic acids is 1. The summed E-state index contributed by atoms with van der Waals surface area (Å²) in [4.78, 5) is 10.2. The summed E-state index contributed by atoms with van der Waals surface area (Å²) in [7, 11) is 0. The molecule has 0 radical (unpaired) electrons. The maximum atomic E-state index is 10.2. The van der Waals surface area contributed by atoms with Crippen LogP contribution in [0.3, 0.4) is 0 Å². The smallest absolute Gasteiger partial charge is 0.382 e. The first kappa shape index (κ1) is 11.2. The topological polar surface area (TPSA) is 37.3 Å². The Morgan fingerprint density at radius 3 is 2.14 bits per heavy atom. The number of aliphatic carboxylic acids is 1. The van der Waals surface area contributed by atoms with Crippen molar-refractivity contribution in [2.45, 2.75) is 0 Å². The maximum absolute atomic E-state index is 10.2. The van der Waals surface area contributed by atoms with Crippen molar-refractivity contribution in [1.82, 2.24) is 0 Å². The summed E-state index contributed by atoms with van der Waals surface area (Å²) >= 11 is 17.2. The van der Waals surface area contributed by atoms with E-state index in [-0.39, 0.29) is 15.6 Å². The molecule has 0 atom stereocenters. The maximum Gasteiger partial charge on any atom is 0.382 e. The molecule has 0 amide bonds. The number of hydrogen-bond donors (Lipinski definition) is 1. The Bertz CT molecular complexity index is 420. The fourth-order valence-electron chi connectivity index (χ4n) is 0.778. The van der Waals surface area contributed by atoms with Crippen LogP contribution in [0.1, 0.15) is 5.56 Å². The zero-order chi connectivity index (χ0) is 10.7.